The molecular formula is C80H87N9O16. The van der Waals surface area contributed by atoms with Gasteiger partial charge in [0.25, 0.3) is 11.8 Å². The van der Waals surface area contributed by atoms with Crippen LogP contribution in [0.15, 0.2) is 144 Å². The van der Waals surface area contributed by atoms with Crippen molar-refractivity contribution in [3.05, 3.63) is 173 Å². The molecule has 25 nitrogen and oxygen atoms in total. The Balaban J connectivity index is 0.536. The van der Waals surface area contributed by atoms with Gasteiger partial charge in [-0.05, 0) is 95.3 Å². The zero-order chi connectivity index (χ0) is 73.8. The van der Waals surface area contributed by atoms with E-state index in [2.05, 4.69) is 33.1 Å². The van der Waals surface area contributed by atoms with Crippen LogP contribution in [0.3, 0.4) is 0 Å². The van der Waals surface area contributed by atoms with E-state index in [-0.39, 0.29) is 106 Å². The number of nitrogens with zero attached hydrogens (tertiary/aromatic N) is 5. The van der Waals surface area contributed by atoms with Gasteiger partial charge in [0.2, 0.25) is 29.5 Å². The number of benzene rings is 6. The lowest BCUT2D eigenvalue weighted by Gasteiger charge is -2.26. The number of carbonyl (C=O) groups excluding carboxylic acids is 7. The third kappa shape index (κ3) is 19.4. The van der Waals surface area contributed by atoms with E-state index in [4.69, 9.17) is 52.6 Å². The highest BCUT2D eigenvalue weighted by Crippen LogP contribution is 2.42. The number of hydrogen-bond donors (Lipinski definition) is 4. The first-order valence-corrected chi connectivity index (χ1v) is 35.1. The quantitative estimate of drug-likeness (QED) is 0.0213. The molecule has 1 unspecified atom stereocenters. The number of methoxy groups -OCH3 is 3. The van der Waals surface area contributed by atoms with E-state index < -0.39 is 23.9 Å². The number of fused-ring (bicyclic) bond motifs is 6. The highest BCUT2D eigenvalue weighted by molar-refractivity contribution is 6.07. The van der Waals surface area contributed by atoms with Crippen LogP contribution in [-0.2, 0) is 49.5 Å². The minimum atomic E-state index is -0.948. The van der Waals surface area contributed by atoms with E-state index in [0.29, 0.717) is 110 Å². The lowest BCUT2D eigenvalue weighted by atomic mass is 10.0. The normalized spacial score (nSPS) is 15.8. The van der Waals surface area contributed by atoms with Crippen LogP contribution >= 0.6 is 0 Å². The second-order valence-electron chi connectivity index (χ2n) is 25.7. The van der Waals surface area contributed by atoms with Gasteiger partial charge in [0.1, 0.15) is 17.8 Å². The minimum Gasteiger partial charge on any atom is -0.497 e. The molecule has 105 heavy (non-hydrogen) atoms. The topological polar surface area (TPSA) is 285 Å². The van der Waals surface area contributed by atoms with Crippen molar-refractivity contribution in [3.8, 4) is 40.6 Å². The molecular weight excluding hydrogens is 1340 g/mol. The summed E-state index contributed by atoms with van der Waals surface area (Å²) < 4.78 is 51.4. The molecule has 0 bridgehead atoms. The van der Waals surface area contributed by atoms with E-state index in [1.54, 1.807) is 91.4 Å². The molecule has 0 radical (unpaired) electrons. The monoisotopic (exact) mass is 1430 g/mol. The van der Waals surface area contributed by atoms with Gasteiger partial charge in [0, 0.05) is 98.8 Å². The molecule has 6 aromatic carbocycles. The number of rotatable bonds is 35. The highest BCUT2D eigenvalue weighted by Gasteiger charge is 2.36. The molecule has 548 valence electrons. The third-order valence-corrected chi connectivity index (χ3v) is 18.1. The van der Waals surface area contributed by atoms with Crippen molar-refractivity contribution in [1.82, 2.24) is 25.8 Å². The number of hydrogen-bond acceptors (Lipinski definition) is 18. The van der Waals surface area contributed by atoms with Crippen molar-refractivity contribution < 1.29 is 76.2 Å². The maximum Gasteiger partial charge on any atom is 0.260 e. The number of nitrogens with one attached hydrogen (secondary N) is 4. The van der Waals surface area contributed by atoms with Gasteiger partial charge in [0.15, 0.2) is 23.0 Å². The third-order valence-electron chi connectivity index (χ3n) is 18.1. The van der Waals surface area contributed by atoms with Crippen LogP contribution in [0, 0.1) is 17.8 Å². The Morgan fingerprint density at radius 1 is 0.543 bits per heavy atom. The van der Waals surface area contributed by atoms with Gasteiger partial charge in [-0.25, -0.2) is 0 Å². The summed E-state index contributed by atoms with van der Waals surface area (Å²) in [5.74, 6) is 6.24. The van der Waals surface area contributed by atoms with Crippen LogP contribution in [0.1, 0.15) is 108 Å². The molecule has 25 heteroatoms. The lowest BCUT2D eigenvalue weighted by Crippen LogP contribution is -2.53. The minimum absolute atomic E-state index is 0.00246. The van der Waals surface area contributed by atoms with Crippen LogP contribution in [0.25, 0.3) is 11.1 Å². The first-order valence-electron chi connectivity index (χ1n) is 35.1. The predicted molar refractivity (Wildman–Crippen MR) is 396 cm³/mol. The maximum atomic E-state index is 14.2. The van der Waals surface area contributed by atoms with Crippen molar-refractivity contribution in [1.29, 1.82) is 0 Å². The summed E-state index contributed by atoms with van der Waals surface area (Å²) in [5.41, 5.74) is 9.20. The van der Waals surface area contributed by atoms with Crippen molar-refractivity contribution in [2.24, 2.45) is 15.9 Å². The average molecular weight is 1430 g/mol. The predicted octanol–water partition coefficient (Wildman–Crippen LogP) is 9.39. The molecule has 6 aromatic rings. The van der Waals surface area contributed by atoms with E-state index in [0.717, 1.165) is 50.4 Å². The van der Waals surface area contributed by atoms with Crippen LogP contribution < -0.4 is 49.9 Å². The maximum absolute atomic E-state index is 14.2. The molecule has 5 aliphatic heterocycles. The Labute approximate surface area is 610 Å². The fourth-order valence-electron chi connectivity index (χ4n) is 12.4. The highest BCUT2D eigenvalue weighted by atomic mass is 16.6. The van der Waals surface area contributed by atoms with Gasteiger partial charge in [-0.3, -0.25) is 43.5 Å². The van der Waals surface area contributed by atoms with Crippen molar-refractivity contribution in [3.63, 3.8) is 0 Å². The molecule has 7 amide bonds. The number of aliphatic imine (C=N–C) groups is 2. The smallest absolute Gasteiger partial charge is 0.260 e. The van der Waals surface area contributed by atoms with Crippen LogP contribution in [0.2, 0.25) is 0 Å². The van der Waals surface area contributed by atoms with Gasteiger partial charge < -0.3 is 78.6 Å². The van der Waals surface area contributed by atoms with Crippen molar-refractivity contribution >= 4 is 87.7 Å². The zero-order valence-corrected chi connectivity index (χ0v) is 59.7. The molecule has 0 saturated heterocycles. The molecule has 5 aliphatic rings. The van der Waals surface area contributed by atoms with Gasteiger partial charge >= 0.3 is 0 Å². The summed E-state index contributed by atoms with van der Waals surface area (Å²) in [7, 11) is 4.65. The summed E-state index contributed by atoms with van der Waals surface area (Å²) in [6, 6.07) is 34.4. The molecule has 0 aliphatic carbocycles. The van der Waals surface area contributed by atoms with E-state index in [1.165, 1.54) is 14.2 Å². The number of anilines is 2. The fraction of sp³-hybridized carbons (Fsp3) is 0.362. The van der Waals surface area contributed by atoms with Crippen LogP contribution in [0.4, 0.5) is 22.7 Å². The molecule has 4 N–H and O–H groups in total. The van der Waals surface area contributed by atoms with Crippen LogP contribution in [0.5, 0.6) is 28.7 Å². The molecule has 0 spiro atoms. The largest absolute Gasteiger partial charge is 0.497 e. The molecule has 0 fully saturated rings. The van der Waals surface area contributed by atoms with Crippen LogP contribution in [-0.4, -0.2) is 182 Å². The van der Waals surface area contributed by atoms with Gasteiger partial charge in [-0.15, -0.1) is 0 Å². The number of para-hydroxylation sites is 1. The summed E-state index contributed by atoms with van der Waals surface area (Å²) in [4.78, 5) is 108. The molecule has 11 rings (SSSR count). The summed E-state index contributed by atoms with van der Waals surface area (Å²) >= 11 is 0. The number of carbonyl (C=O) groups is 7. The standard InChI is InChI=1S/C80H87N9O16/c1-51(2)76(86-74(91)28-32-100-34-36-102-38-39-103-37-35-101-33-29-81-73(90)26-27-75(92)89-48-57-14-8-7-12-53(57)16-17-56-13-9-10-15-68(56)89)78(94)84-52(3)77(93)85-60-22-18-54(19-23-60)58-40-61-46-82-66-44-71(69(98-5)42-64(66)79(95)87(61)49-58)104-30-11-31-105-72-45-67-65(43-70(72)99-6)80(96)88-50-59(41-62(88)47-83-67)55-20-24-63(97-4)25-21-55/h7-10,12-15,18-25,42-47,49-52,61-62,76H,11,26-41,48H2,1-6H3,(H,81,90)(H,84,94)(H,85,93)(H,86,91)/t52-,61?,62-,76-/m0/s1. The summed E-state index contributed by atoms with van der Waals surface area (Å²) in [6.07, 6.45) is 8.88. The zero-order valence-electron chi connectivity index (χ0n) is 59.7. The van der Waals surface area contributed by atoms with Crippen molar-refractivity contribution in [2.75, 3.05) is 104 Å². The Kier molecular flexibility index (Phi) is 25.9. The summed E-state index contributed by atoms with van der Waals surface area (Å²) in [6.45, 7) is 8.49. The first kappa shape index (κ1) is 75.0. The molecule has 4 atom stereocenters. The second-order valence-corrected chi connectivity index (χ2v) is 25.7. The van der Waals surface area contributed by atoms with Crippen molar-refractivity contribution in [2.45, 2.75) is 90.0 Å². The Bertz CT molecular complexity index is 4350. The Morgan fingerprint density at radius 3 is 1.65 bits per heavy atom. The number of amides is 7. The van der Waals surface area contributed by atoms with E-state index >= 15 is 0 Å². The molecule has 0 aromatic heterocycles. The lowest BCUT2D eigenvalue weighted by molar-refractivity contribution is -0.132. The molecule has 5 heterocycles. The second kappa shape index (κ2) is 36.3. The van der Waals surface area contributed by atoms with Gasteiger partial charge in [-0.2, -0.15) is 0 Å². The molecule has 0 saturated carbocycles. The fourth-order valence-corrected chi connectivity index (χ4v) is 12.4. The van der Waals surface area contributed by atoms with E-state index in [9.17, 15) is 33.6 Å². The Morgan fingerprint density at radius 2 is 1.08 bits per heavy atom. The number of ether oxygens (including phenoxy) is 9. The van der Waals surface area contributed by atoms with Gasteiger partial charge in [0.05, 0.1) is 134 Å². The SMILES string of the molecule is COc1ccc(C2=CN3C(=O)c4cc(OC)c(OCCCOc5cc6c(cc5OC)C(=O)N5C=C(c7ccc(NC(=O)[C@H](C)NC(=O)[C@@H](NC(=O)CCOCCOCCOCCOCCNC(=O)CCC(=O)N8Cc9ccccc9C#Cc9ccccc98)C(C)C)cc7)CC5C=N6)cc4N=C[C@@H]3C2)cc1. The Hall–Kier alpha value is -11.2. The van der Waals surface area contributed by atoms with Gasteiger partial charge in [-0.1, -0.05) is 80.3 Å². The summed E-state index contributed by atoms with van der Waals surface area (Å²) in [5, 5.41) is 11.2. The first-order chi connectivity index (χ1) is 51.0. The average Bonchev–Trinajstić information content (AvgIpc) is 1.65. The van der Waals surface area contributed by atoms with E-state index in [1.807, 2.05) is 97.3 Å².